The maximum Gasteiger partial charge on any atom is 0.300 e. The molecule has 3 aromatic rings. The number of amides is 1. The topological polar surface area (TPSA) is 79.7 Å². The minimum absolute atomic E-state index is 0.0209. The van der Waals surface area contributed by atoms with E-state index < -0.39 is 29.3 Å². The van der Waals surface area contributed by atoms with Crippen molar-refractivity contribution >= 4 is 23.1 Å². The van der Waals surface area contributed by atoms with Crippen LogP contribution >= 0.6 is 0 Å². The average molecular weight is 432 g/mol. The Bertz CT molecular complexity index is 1250. The highest BCUT2D eigenvalue weighted by atomic mass is 19.1. The molecule has 7 heteroatoms. The Hall–Kier alpha value is -4.00. The summed E-state index contributed by atoms with van der Waals surface area (Å²) < 4.78 is 19.2. The second-order valence-electron chi connectivity index (χ2n) is 7.56. The number of aliphatic hydroxyl groups is 1. The zero-order valence-corrected chi connectivity index (χ0v) is 17.8. The van der Waals surface area contributed by atoms with Gasteiger partial charge in [0.15, 0.2) is 0 Å². The van der Waals surface area contributed by atoms with E-state index in [4.69, 9.17) is 4.74 Å². The van der Waals surface area contributed by atoms with Crippen molar-refractivity contribution in [2.45, 2.75) is 19.9 Å². The summed E-state index contributed by atoms with van der Waals surface area (Å²) in [6.45, 7) is 3.71. The fourth-order valence-electron chi connectivity index (χ4n) is 3.89. The van der Waals surface area contributed by atoms with E-state index in [2.05, 4.69) is 4.98 Å². The molecule has 2 heterocycles. The van der Waals surface area contributed by atoms with Crippen LogP contribution in [0.4, 0.5) is 10.1 Å². The third kappa shape index (κ3) is 3.51. The predicted molar refractivity (Wildman–Crippen MR) is 118 cm³/mol. The lowest BCUT2D eigenvalue weighted by molar-refractivity contribution is -0.132. The Balaban J connectivity index is 2.01. The minimum Gasteiger partial charge on any atom is -0.507 e. The number of benzene rings is 2. The molecule has 6 nitrogen and oxygen atoms in total. The van der Waals surface area contributed by atoms with Crippen molar-refractivity contribution in [1.29, 1.82) is 0 Å². The van der Waals surface area contributed by atoms with Gasteiger partial charge < -0.3 is 9.84 Å². The number of hydrogen-bond donors (Lipinski definition) is 1. The maximum absolute atomic E-state index is 14.0. The molecular formula is C25H21FN2O4. The van der Waals surface area contributed by atoms with Crippen molar-refractivity contribution in [3.05, 3.63) is 94.6 Å². The monoisotopic (exact) mass is 432 g/mol. The standard InChI is InChI=1S/C25H21FN2O4/c1-14-7-8-15(2)19(12-14)28-22(18-6-4-5-11-27-18)21(24(30)25(28)31)23(29)17-13-16(26)9-10-20(17)32-3/h4-13,22,29H,1-3H3/b23-21+. The molecule has 1 N–H and O–H groups in total. The van der Waals surface area contributed by atoms with Gasteiger partial charge in [0.1, 0.15) is 23.4 Å². The van der Waals surface area contributed by atoms with Crippen molar-refractivity contribution in [2.24, 2.45) is 0 Å². The lowest BCUT2D eigenvalue weighted by atomic mass is 9.97. The summed E-state index contributed by atoms with van der Waals surface area (Å²) in [5, 5.41) is 11.2. The number of ether oxygens (including phenoxy) is 1. The molecule has 0 bridgehead atoms. The molecular weight excluding hydrogens is 411 g/mol. The van der Waals surface area contributed by atoms with E-state index in [1.807, 2.05) is 26.0 Å². The number of nitrogens with zero attached hydrogens (tertiary/aromatic N) is 2. The molecule has 32 heavy (non-hydrogen) atoms. The highest BCUT2D eigenvalue weighted by Crippen LogP contribution is 2.43. The molecule has 1 fully saturated rings. The summed E-state index contributed by atoms with van der Waals surface area (Å²) >= 11 is 0. The Morgan fingerprint density at radius 2 is 1.88 bits per heavy atom. The number of rotatable bonds is 4. The lowest BCUT2D eigenvalue weighted by Gasteiger charge is -2.26. The normalized spacial score (nSPS) is 17.6. The number of carbonyl (C=O) groups excluding carboxylic acids is 2. The van der Waals surface area contributed by atoms with Crippen LogP contribution in [-0.4, -0.2) is 28.9 Å². The van der Waals surface area contributed by atoms with Crippen LogP contribution in [-0.2, 0) is 9.59 Å². The molecule has 1 aromatic heterocycles. The summed E-state index contributed by atoms with van der Waals surface area (Å²) in [7, 11) is 1.37. The second-order valence-corrected chi connectivity index (χ2v) is 7.56. The van der Waals surface area contributed by atoms with Crippen LogP contribution in [0.25, 0.3) is 5.76 Å². The zero-order valence-electron chi connectivity index (χ0n) is 17.8. The Morgan fingerprint density at radius 1 is 1.09 bits per heavy atom. The molecule has 1 saturated heterocycles. The molecule has 1 aliphatic rings. The van der Waals surface area contributed by atoms with E-state index in [1.165, 1.54) is 24.1 Å². The summed E-state index contributed by atoms with van der Waals surface area (Å²) in [6, 6.07) is 13.3. The first-order chi connectivity index (χ1) is 15.3. The first-order valence-electron chi connectivity index (χ1n) is 9.96. The molecule has 0 radical (unpaired) electrons. The number of aliphatic hydroxyl groups excluding tert-OH is 1. The summed E-state index contributed by atoms with van der Waals surface area (Å²) in [5.41, 5.74) is 2.41. The molecule has 4 rings (SSSR count). The van der Waals surface area contributed by atoms with Crippen molar-refractivity contribution < 1.29 is 23.8 Å². The molecule has 162 valence electrons. The first kappa shape index (κ1) is 21.2. The van der Waals surface area contributed by atoms with Gasteiger partial charge in [-0.25, -0.2) is 4.39 Å². The van der Waals surface area contributed by atoms with Crippen LogP contribution < -0.4 is 9.64 Å². The van der Waals surface area contributed by atoms with Crippen molar-refractivity contribution in [3.8, 4) is 5.75 Å². The fraction of sp³-hybridized carbons (Fsp3) is 0.160. The van der Waals surface area contributed by atoms with Gasteiger partial charge in [-0.3, -0.25) is 19.5 Å². The van der Waals surface area contributed by atoms with E-state index in [0.717, 1.165) is 17.2 Å². The van der Waals surface area contributed by atoms with E-state index in [-0.39, 0.29) is 16.9 Å². The van der Waals surface area contributed by atoms with Crippen molar-refractivity contribution in [2.75, 3.05) is 12.0 Å². The van der Waals surface area contributed by atoms with Gasteiger partial charge in [-0.15, -0.1) is 0 Å². The molecule has 0 spiro atoms. The number of anilines is 1. The molecule has 0 aliphatic carbocycles. The quantitative estimate of drug-likeness (QED) is 0.374. The van der Waals surface area contributed by atoms with E-state index in [0.29, 0.717) is 11.4 Å². The molecule has 2 aromatic carbocycles. The largest absolute Gasteiger partial charge is 0.507 e. The summed E-state index contributed by atoms with van der Waals surface area (Å²) in [4.78, 5) is 32.1. The van der Waals surface area contributed by atoms with Gasteiger partial charge in [0.2, 0.25) is 0 Å². The van der Waals surface area contributed by atoms with Gasteiger partial charge in [0.25, 0.3) is 11.7 Å². The molecule has 1 amide bonds. The van der Waals surface area contributed by atoms with Gasteiger partial charge in [-0.05, 0) is 61.4 Å². The number of methoxy groups -OCH3 is 1. The average Bonchev–Trinajstić information content (AvgIpc) is 3.06. The highest BCUT2D eigenvalue weighted by molar-refractivity contribution is 6.51. The van der Waals surface area contributed by atoms with Crippen molar-refractivity contribution in [3.63, 3.8) is 0 Å². The number of aromatic nitrogens is 1. The van der Waals surface area contributed by atoms with Crippen molar-refractivity contribution in [1.82, 2.24) is 4.98 Å². The molecule has 1 atom stereocenters. The van der Waals surface area contributed by atoms with Crippen LogP contribution in [0.15, 0.2) is 66.4 Å². The third-order valence-electron chi connectivity index (χ3n) is 5.45. The summed E-state index contributed by atoms with van der Waals surface area (Å²) in [5.74, 6) is -2.66. The molecule has 1 unspecified atom stereocenters. The number of ketones is 1. The third-order valence-corrected chi connectivity index (χ3v) is 5.45. The Kier molecular flexibility index (Phi) is 5.48. The number of Topliss-reactive ketones (excluding diaryl/α,β-unsaturated/α-hetero) is 1. The van der Waals surface area contributed by atoms with Gasteiger partial charge in [0.05, 0.1) is 23.9 Å². The van der Waals surface area contributed by atoms with Crippen LogP contribution in [0.2, 0.25) is 0 Å². The van der Waals surface area contributed by atoms with E-state index in [1.54, 1.807) is 30.5 Å². The van der Waals surface area contributed by atoms with Gasteiger partial charge in [0, 0.05) is 11.9 Å². The smallest absolute Gasteiger partial charge is 0.300 e. The maximum atomic E-state index is 14.0. The summed E-state index contributed by atoms with van der Waals surface area (Å²) in [6.07, 6.45) is 1.54. The number of pyridine rings is 1. The molecule has 1 aliphatic heterocycles. The number of hydrogen-bond acceptors (Lipinski definition) is 5. The van der Waals surface area contributed by atoms with Crippen LogP contribution in [0.1, 0.15) is 28.4 Å². The lowest BCUT2D eigenvalue weighted by Crippen LogP contribution is -2.30. The predicted octanol–water partition coefficient (Wildman–Crippen LogP) is 4.47. The van der Waals surface area contributed by atoms with Gasteiger partial charge >= 0.3 is 0 Å². The SMILES string of the molecule is COc1ccc(F)cc1/C(O)=C1\C(=O)C(=O)N(c2cc(C)ccc2C)C1c1ccccn1. The first-order valence-corrected chi connectivity index (χ1v) is 9.96. The molecule has 0 saturated carbocycles. The number of aryl methyl sites for hydroxylation is 2. The van der Waals surface area contributed by atoms with Crippen LogP contribution in [0.3, 0.4) is 0 Å². The Morgan fingerprint density at radius 3 is 2.56 bits per heavy atom. The van der Waals surface area contributed by atoms with Crippen LogP contribution in [0.5, 0.6) is 5.75 Å². The fourth-order valence-corrected chi connectivity index (χ4v) is 3.89. The zero-order chi connectivity index (χ0) is 23.0. The van der Waals surface area contributed by atoms with Gasteiger partial charge in [-0.1, -0.05) is 18.2 Å². The van der Waals surface area contributed by atoms with E-state index in [9.17, 15) is 19.1 Å². The number of carbonyl (C=O) groups is 2. The van der Waals surface area contributed by atoms with Crippen LogP contribution in [0, 0.1) is 19.7 Å². The highest BCUT2D eigenvalue weighted by Gasteiger charge is 2.48. The van der Waals surface area contributed by atoms with E-state index >= 15 is 0 Å². The Labute approximate surface area is 184 Å². The van der Waals surface area contributed by atoms with Gasteiger partial charge in [-0.2, -0.15) is 0 Å². The second kappa shape index (κ2) is 8.26. The minimum atomic E-state index is -0.996. The number of halogens is 1.